The molecule has 1 N–H and O–H groups in total. The van der Waals surface area contributed by atoms with E-state index in [4.69, 9.17) is 0 Å². The standard InChI is InChI=1S/C23H16N2O5/c26-23(16-7-11-19(12-8-16)25(29)30)22-14-17(20-3-1-2-4-21(20)22)13-15-5-9-18(10-6-15)24(27)28/h1-14,23,26H/b17-13+. The largest absolute Gasteiger partial charge is 0.384 e. The Bertz CT molecular complexity index is 1200. The van der Waals surface area contributed by atoms with Crippen molar-refractivity contribution < 1.29 is 15.0 Å². The summed E-state index contributed by atoms with van der Waals surface area (Å²) in [5.74, 6) is 0. The Morgan fingerprint density at radius 2 is 1.30 bits per heavy atom. The molecule has 4 rings (SSSR count). The van der Waals surface area contributed by atoms with Gasteiger partial charge < -0.3 is 5.11 Å². The van der Waals surface area contributed by atoms with Crippen LogP contribution in [0.1, 0.15) is 28.4 Å². The van der Waals surface area contributed by atoms with Gasteiger partial charge in [0.2, 0.25) is 0 Å². The molecule has 0 bridgehead atoms. The number of hydrogen-bond donors (Lipinski definition) is 1. The number of benzene rings is 3. The zero-order chi connectivity index (χ0) is 21.3. The van der Waals surface area contributed by atoms with E-state index in [1.54, 1.807) is 24.3 Å². The lowest BCUT2D eigenvalue weighted by Gasteiger charge is -2.13. The van der Waals surface area contributed by atoms with E-state index >= 15 is 0 Å². The van der Waals surface area contributed by atoms with Crippen LogP contribution in [-0.4, -0.2) is 15.0 Å². The van der Waals surface area contributed by atoms with Crippen molar-refractivity contribution in [3.63, 3.8) is 0 Å². The summed E-state index contributed by atoms with van der Waals surface area (Å²) in [4.78, 5) is 20.8. The number of aliphatic hydroxyl groups excluding tert-OH is 1. The molecule has 0 radical (unpaired) electrons. The lowest BCUT2D eigenvalue weighted by molar-refractivity contribution is -0.385. The van der Waals surface area contributed by atoms with Crippen molar-refractivity contribution in [2.45, 2.75) is 6.10 Å². The van der Waals surface area contributed by atoms with Gasteiger partial charge in [0.25, 0.3) is 11.4 Å². The first kappa shape index (κ1) is 19.2. The molecule has 1 unspecified atom stereocenters. The van der Waals surface area contributed by atoms with Crippen molar-refractivity contribution >= 4 is 28.6 Å². The summed E-state index contributed by atoms with van der Waals surface area (Å²) in [6, 6.07) is 19.7. The molecule has 1 aliphatic rings. The number of nitro benzene ring substituents is 2. The van der Waals surface area contributed by atoms with Gasteiger partial charge in [-0.05, 0) is 69.8 Å². The highest BCUT2D eigenvalue weighted by atomic mass is 16.6. The van der Waals surface area contributed by atoms with Gasteiger partial charge in [-0.1, -0.05) is 24.3 Å². The van der Waals surface area contributed by atoms with Crippen LogP contribution in [0.4, 0.5) is 11.4 Å². The molecule has 1 atom stereocenters. The van der Waals surface area contributed by atoms with E-state index in [2.05, 4.69) is 0 Å². The first-order valence-corrected chi connectivity index (χ1v) is 9.14. The second-order valence-corrected chi connectivity index (χ2v) is 6.84. The summed E-state index contributed by atoms with van der Waals surface area (Å²) >= 11 is 0. The molecule has 0 fully saturated rings. The van der Waals surface area contributed by atoms with Gasteiger partial charge in [0.1, 0.15) is 6.10 Å². The van der Waals surface area contributed by atoms with E-state index < -0.39 is 16.0 Å². The van der Waals surface area contributed by atoms with Crippen LogP contribution >= 0.6 is 0 Å². The van der Waals surface area contributed by atoms with Crippen molar-refractivity contribution in [1.82, 2.24) is 0 Å². The highest BCUT2D eigenvalue weighted by molar-refractivity contribution is 6.02. The highest BCUT2D eigenvalue weighted by Gasteiger charge is 2.24. The van der Waals surface area contributed by atoms with Crippen molar-refractivity contribution in [3.05, 3.63) is 121 Å². The molecule has 0 spiro atoms. The van der Waals surface area contributed by atoms with Crippen molar-refractivity contribution in [2.75, 3.05) is 0 Å². The molecule has 0 saturated carbocycles. The van der Waals surface area contributed by atoms with E-state index in [0.717, 1.165) is 22.3 Å². The molecule has 0 aliphatic heterocycles. The predicted octanol–water partition coefficient (Wildman–Crippen LogP) is 5.17. The average molecular weight is 400 g/mol. The molecule has 1 aliphatic carbocycles. The van der Waals surface area contributed by atoms with Gasteiger partial charge in [-0.2, -0.15) is 0 Å². The normalized spacial score (nSPS) is 14.8. The number of nitro groups is 2. The van der Waals surface area contributed by atoms with E-state index in [-0.39, 0.29) is 11.4 Å². The lowest BCUT2D eigenvalue weighted by atomic mass is 9.96. The third kappa shape index (κ3) is 3.61. The summed E-state index contributed by atoms with van der Waals surface area (Å²) in [6.07, 6.45) is 2.82. The molecular weight excluding hydrogens is 384 g/mol. The summed E-state index contributed by atoms with van der Waals surface area (Å²) in [5, 5.41) is 32.6. The van der Waals surface area contributed by atoms with Gasteiger partial charge in [0.05, 0.1) is 9.85 Å². The minimum absolute atomic E-state index is 0.0220. The van der Waals surface area contributed by atoms with Gasteiger partial charge in [-0.25, -0.2) is 0 Å². The number of nitrogens with zero attached hydrogens (tertiary/aromatic N) is 2. The maximum atomic E-state index is 10.9. The van der Waals surface area contributed by atoms with Crippen LogP contribution in [0, 0.1) is 20.2 Å². The Balaban J connectivity index is 1.71. The van der Waals surface area contributed by atoms with Crippen LogP contribution in [0.2, 0.25) is 0 Å². The monoisotopic (exact) mass is 400 g/mol. The minimum Gasteiger partial charge on any atom is -0.384 e. The quantitative estimate of drug-likeness (QED) is 0.469. The molecule has 7 nitrogen and oxygen atoms in total. The lowest BCUT2D eigenvalue weighted by Crippen LogP contribution is -2.00. The Kier molecular flexibility index (Phi) is 4.95. The molecule has 0 aromatic heterocycles. The number of aliphatic hydroxyl groups is 1. The van der Waals surface area contributed by atoms with Crippen LogP contribution in [0.15, 0.2) is 78.9 Å². The van der Waals surface area contributed by atoms with Crippen LogP contribution < -0.4 is 0 Å². The molecule has 3 aromatic carbocycles. The fraction of sp³-hybridized carbons (Fsp3) is 0.0435. The summed E-state index contributed by atoms with van der Waals surface area (Å²) in [5.41, 5.74) is 4.71. The van der Waals surface area contributed by atoms with Crippen molar-refractivity contribution in [2.24, 2.45) is 0 Å². The predicted molar refractivity (Wildman–Crippen MR) is 113 cm³/mol. The smallest absolute Gasteiger partial charge is 0.269 e. The molecular formula is C23H16N2O5. The average Bonchev–Trinajstić information content (AvgIpc) is 3.12. The minimum atomic E-state index is -0.949. The summed E-state index contributed by atoms with van der Waals surface area (Å²) in [7, 11) is 0. The van der Waals surface area contributed by atoms with E-state index in [0.29, 0.717) is 11.1 Å². The number of non-ortho nitro benzene ring substituents is 2. The van der Waals surface area contributed by atoms with Crippen molar-refractivity contribution in [3.8, 4) is 0 Å². The zero-order valence-electron chi connectivity index (χ0n) is 15.6. The SMILES string of the molecule is O=[N+]([O-])c1ccc(/C=C2\C=C(C(O)c3ccc([N+](=O)[O-])cc3)c3ccccc32)cc1. The Morgan fingerprint density at radius 1 is 0.767 bits per heavy atom. The van der Waals surface area contributed by atoms with Gasteiger partial charge in [-0.15, -0.1) is 0 Å². The van der Waals surface area contributed by atoms with Gasteiger partial charge in [-0.3, -0.25) is 20.2 Å². The molecule has 0 saturated heterocycles. The van der Waals surface area contributed by atoms with E-state index in [1.165, 1.54) is 24.3 Å². The topological polar surface area (TPSA) is 107 Å². The maximum absolute atomic E-state index is 10.9. The van der Waals surface area contributed by atoms with Crippen LogP contribution in [0.3, 0.4) is 0 Å². The molecule has 0 amide bonds. The summed E-state index contributed by atoms with van der Waals surface area (Å²) in [6.45, 7) is 0. The van der Waals surface area contributed by atoms with E-state index in [9.17, 15) is 25.3 Å². The molecule has 30 heavy (non-hydrogen) atoms. The fourth-order valence-electron chi connectivity index (χ4n) is 3.48. The highest BCUT2D eigenvalue weighted by Crippen LogP contribution is 2.42. The number of fused-ring (bicyclic) bond motifs is 1. The second kappa shape index (κ2) is 7.73. The van der Waals surface area contributed by atoms with Crippen LogP contribution in [-0.2, 0) is 0 Å². The Hall–Kier alpha value is -4.10. The molecule has 0 heterocycles. The maximum Gasteiger partial charge on any atom is 0.269 e. The van der Waals surface area contributed by atoms with Crippen LogP contribution in [0.25, 0.3) is 17.2 Å². The Morgan fingerprint density at radius 3 is 1.87 bits per heavy atom. The number of hydrogen-bond acceptors (Lipinski definition) is 5. The second-order valence-electron chi connectivity index (χ2n) is 6.84. The first-order chi connectivity index (χ1) is 14.4. The molecule has 7 heteroatoms. The van der Waals surface area contributed by atoms with E-state index in [1.807, 2.05) is 36.4 Å². The number of rotatable bonds is 5. The van der Waals surface area contributed by atoms with Gasteiger partial charge >= 0.3 is 0 Å². The van der Waals surface area contributed by atoms with Gasteiger partial charge in [0, 0.05) is 24.3 Å². The summed E-state index contributed by atoms with van der Waals surface area (Å²) < 4.78 is 0. The molecule has 148 valence electrons. The first-order valence-electron chi connectivity index (χ1n) is 9.14. The molecule has 3 aromatic rings. The van der Waals surface area contributed by atoms with Crippen molar-refractivity contribution in [1.29, 1.82) is 0 Å². The Labute approximate surface area is 171 Å². The third-order valence-electron chi connectivity index (χ3n) is 5.00. The third-order valence-corrected chi connectivity index (χ3v) is 5.00. The van der Waals surface area contributed by atoms with Gasteiger partial charge in [0.15, 0.2) is 0 Å². The van der Waals surface area contributed by atoms with Crippen LogP contribution in [0.5, 0.6) is 0 Å². The zero-order valence-corrected chi connectivity index (χ0v) is 15.6. The number of allylic oxidation sites excluding steroid dienone is 2. The fourth-order valence-corrected chi connectivity index (χ4v) is 3.48.